The minimum Gasteiger partial charge on any atom is -0.468 e. The van der Waals surface area contributed by atoms with E-state index in [4.69, 9.17) is 4.74 Å². The zero-order chi connectivity index (χ0) is 14.1. The van der Waals surface area contributed by atoms with Crippen LogP contribution in [0.5, 0.6) is 0 Å². The number of ether oxygens (including phenoxy) is 3. The number of hydrogen-bond acceptors (Lipinski definition) is 7. The van der Waals surface area contributed by atoms with Crippen molar-refractivity contribution in [3.63, 3.8) is 0 Å². The molecule has 7 nitrogen and oxygen atoms in total. The third kappa shape index (κ3) is 7.61. The Bertz CT molecular complexity index is 284. The Morgan fingerprint density at radius 2 is 1.28 bits per heavy atom. The van der Waals surface area contributed by atoms with Crippen molar-refractivity contribution < 1.29 is 28.6 Å². The predicted molar refractivity (Wildman–Crippen MR) is 61.7 cm³/mol. The van der Waals surface area contributed by atoms with Crippen molar-refractivity contribution in [1.29, 1.82) is 0 Å². The van der Waals surface area contributed by atoms with Crippen LogP contribution in [0.2, 0.25) is 0 Å². The summed E-state index contributed by atoms with van der Waals surface area (Å²) in [6.45, 7) is 2.88. The fraction of sp³-hybridized carbons (Fsp3) is 0.727. The molecule has 7 heteroatoms. The Labute approximate surface area is 106 Å². The van der Waals surface area contributed by atoms with Crippen molar-refractivity contribution in [2.24, 2.45) is 0 Å². The van der Waals surface area contributed by atoms with Crippen LogP contribution in [0.4, 0.5) is 0 Å². The van der Waals surface area contributed by atoms with E-state index in [0.29, 0.717) is 0 Å². The Balaban J connectivity index is 4.41. The second kappa shape index (κ2) is 8.46. The summed E-state index contributed by atoms with van der Waals surface area (Å²) in [4.78, 5) is 35.0. The molecule has 0 spiro atoms. The summed E-state index contributed by atoms with van der Waals surface area (Å²) in [7, 11) is 2.45. The first kappa shape index (κ1) is 16.4. The van der Waals surface area contributed by atoms with Gasteiger partial charge >= 0.3 is 17.9 Å². The van der Waals surface area contributed by atoms with Crippen LogP contribution in [0.25, 0.3) is 0 Å². The summed E-state index contributed by atoms with van der Waals surface area (Å²) in [5.41, 5.74) is 0. The predicted octanol–water partition coefficient (Wildman–Crippen LogP) is -0.414. The lowest BCUT2D eigenvalue weighted by molar-refractivity contribution is -0.152. The van der Waals surface area contributed by atoms with E-state index in [0.717, 1.165) is 0 Å². The average molecular weight is 261 g/mol. The molecule has 0 aromatic carbocycles. The van der Waals surface area contributed by atoms with E-state index in [9.17, 15) is 14.4 Å². The molecule has 104 valence electrons. The summed E-state index contributed by atoms with van der Waals surface area (Å²) in [6, 6.07) is 0. The molecule has 0 unspecified atom stereocenters. The lowest BCUT2D eigenvalue weighted by atomic mass is 10.4. The minimum atomic E-state index is -0.545. The van der Waals surface area contributed by atoms with Gasteiger partial charge < -0.3 is 14.2 Å². The maximum absolute atomic E-state index is 11.4. The van der Waals surface area contributed by atoms with Gasteiger partial charge in [0, 0.05) is 0 Å². The van der Waals surface area contributed by atoms with E-state index >= 15 is 0 Å². The topological polar surface area (TPSA) is 82.1 Å². The molecule has 0 saturated carbocycles. The van der Waals surface area contributed by atoms with Gasteiger partial charge in [0.25, 0.3) is 0 Å². The quantitative estimate of drug-likeness (QED) is 0.455. The van der Waals surface area contributed by atoms with Gasteiger partial charge in [-0.1, -0.05) is 0 Å². The molecule has 18 heavy (non-hydrogen) atoms. The highest BCUT2D eigenvalue weighted by Crippen LogP contribution is 1.96. The molecular formula is C11H19NO6. The largest absolute Gasteiger partial charge is 0.468 e. The summed E-state index contributed by atoms with van der Waals surface area (Å²) < 4.78 is 13.9. The van der Waals surface area contributed by atoms with Gasteiger partial charge in [0.05, 0.1) is 40.0 Å². The molecule has 0 rings (SSSR count). The monoisotopic (exact) mass is 261 g/mol. The molecule has 0 aliphatic heterocycles. The summed E-state index contributed by atoms with van der Waals surface area (Å²) in [5.74, 6) is -1.61. The van der Waals surface area contributed by atoms with Gasteiger partial charge in [0.2, 0.25) is 0 Å². The highest BCUT2D eigenvalue weighted by Gasteiger charge is 2.19. The number of carbonyl (C=O) groups excluding carboxylic acids is 3. The number of carbonyl (C=O) groups is 3. The molecule has 0 N–H and O–H groups in total. The summed E-state index contributed by atoms with van der Waals surface area (Å²) >= 11 is 0. The van der Waals surface area contributed by atoms with Crippen LogP contribution >= 0.6 is 0 Å². The fourth-order valence-electron chi connectivity index (χ4n) is 1.14. The molecule has 0 fully saturated rings. The van der Waals surface area contributed by atoms with Crippen LogP contribution in [0.3, 0.4) is 0 Å². The Morgan fingerprint density at radius 3 is 1.61 bits per heavy atom. The molecule has 0 aliphatic rings. The number of methoxy groups -OCH3 is 2. The lowest BCUT2D eigenvalue weighted by Crippen LogP contribution is -2.40. The lowest BCUT2D eigenvalue weighted by Gasteiger charge is -2.19. The van der Waals surface area contributed by atoms with Gasteiger partial charge in [-0.3, -0.25) is 19.3 Å². The van der Waals surface area contributed by atoms with Gasteiger partial charge in [-0.2, -0.15) is 0 Å². The third-order valence-corrected chi connectivity index (χ3v) is 1.88. The van der Waals surface area contributed by atoms with Gasteiger partial charge in [0.1, 0.15) is 0 Å². The first-order valence-electron chi connectivity index (χ1n) is 5.44. The SMILES string of the molecule is COC(=O)CN(CC(=O)OC)CC(=O)OC(C)C. The van der Waals surface area contributed by atoms with E-state index in [-0.39, 0.29) is 25.7 Å². The molecule has 0 aromatic rings. The molecular weight excluding hydrogens is 242 g/mol. The molecule has 0 atom stereocenters. The molecule has 0 aliphatic carbocycles. The van der Waals surface area contributed by atoms with Gasteiger partial charge in [-0.15, -0.1) is 0 Å². The maximum Gasteiger partial charge on any atom is 0.320 e. The highest BCUT2D eigenvalue weighted by atomic mass is 16.5. The fourth-order valence-corrected chi connectivity index (χ4v) is 1.14. The van der Waals surface area contributed by atoms with E-state index in [1.807, 2.05) is 0 Å². The Morgan fingerprint density at radius 1 is 0.889 bits per heavy atom. The molecule has 0 bridgehead atoms. The van der Waals surface area contributed by atoms with Crippen LogP contribution in [-0.2, 0) is 28.6 Å². The van der Waals surface area contributed by atoms with Crippen LogP contribution < -0.4 is 0 Å². The smallest absolute Gasteiger partial charge is 0.320 e. The van der Waals surface area contributed by atoms with Crippen molar-refractivity contribution in [1.82, 2.24) is 4.90 Å². The number of rotatable bonds is 7. The van der Waals surface area contributed by atoms with Gasteiger partial charge in [-0.25, -0.2) is 0 Å². The van der Waals surface area contributed by atoms with Crippen molar-refractivity contribution in [2.45, 2.75) is 20.0 Å². The number of esters is 3. The molecule has 0 radical (unpaired) electrons. The Hall–Kier alpha value is -1.63. The van der Waals surface area contributed by atoms with Gasteiger partial charge in [0.15, 0.2) is 0 Å². The first-order chi connectivity index (χ1) is 8.38. The van der Waals surface area contributed by atoms with Crippen LogP contribution in [0.15, 0.2) is 0 Å². The second-order valence-electron chi connectivity index (χ2n) is 3.84. The van der Waals surface area contributed by atoms with Crippen LogP contribution in [0, 0.1) is 0 Å². The van der Waals surface area contributed by atoms with Gasteiger partial charge in [-0.05, 0) is 13.8 Å². The summed E-state index contributed by atoms with van der Waals surface area (Å²) in [5, 5.41) is 0. The second-order valence-corrected chi connectivity index (χ2v) is 3.84. The molecule has 0 heterocycles. The number of nitrogens with zero attached hydrogens (tertiary/aromatic N) is 1. The molecule has 0 amide bonds. The minimum absolute atomic E-state index is 0.178. The molecule has 0 aromatic heterocycles. The first-order valence-corrected chi connectivity index (χ1v) is 5.44. The highest BCUT2D eigenvalue weighted by molar-refractivity contribution is 5.78. The van der Waals surface area contributed by atoms with Crippen molar-refractivity contribution in [3.8, 4) is 0 Å². The van der Waals surface area contributed by atoms with Crippen LogP contribution in [-0.4, -0.2) is 62.8 Å². The van der Waals surface area contributed by atoms with Crippen LogP contribution in [0.1, 0.15) is 13.8 Å². The van der Waals surface area contributed by atoms with E-state index in [1.54, 1.807) is 13.8 Å². The maximum atomic E-state index is 11.4. The number of hydrogen-bond donors (Lipinski definition) is 0. The third-order valence-electron chi connectivity index (χ3n) is 1.88. The Kier molecular flexibility index (Phi) is 7.69. The van der Waals surface area contributed by atoms with Crippen molar-refractivity contribution in [3.05, 3.63) is 0 Å². The molecule has 0 saturated heterocycles. The van der Waals surface area contributed by atoms with Crippen molar-refractivity contribution >= 4 is 17.9 Å². The zero-order valence-corrected chi connectivity index (χ0v) is 11.1. The van der Waals surface area contributed by atoms with E-state index in [1.165, 1.54) is 19.1 Å². The van der Waals surface area contributed by atoms with E-state index < -0.39 is 17.9 Å². The zero-order valence-electron chi connectivity index (χ0n) is 11.1. The van der Waals surface area contributed by atoms with E-state index in [2.05, 4.69) is 9.47 Å². The average Bonchev–Trinajstić information content (AvgIpc) is 2.27. The summed E-state index contributed by atoms with van der Waals surface area (Å²) in [6.07, 6.45) is -0.254. The normalized spacial score (nSPS) is 10.3. The standard InChI is InChI=1S/C11H19NO6/c1-8(2)18-11(15)7-12(5-9(13)16-3)6-10(14)17-4/h8H,5-7H2,1-4H3. The van der Waals surface area contributed by atoms with Crippen molar-refractivity contribution in [2.75, 3.05) is 33.9 Å².